The Kier molecular flexibility index (Phi) is 9.56. The minimum Gasteiger partial charge on any atom is -0.293 e. The molecule has 3 nitrogen and oxygen atoms in total. The smallest absolute Gasteiger partial charge is 0.293 e. The van der Waals surface area contributed by atoms with Gasteiger partial charge in [-0.3, -0.25) is 4.89 Å². The largest absolute Gasteiger partial charge is 0.373 e. The number of unbranched alkanes of at least 4 members (excludes halogenated alkanes) is 7. The monoisotopic (exact) mass is 305 g/mol. The summed E-state index contributed by atoms with van der Waals surface area (Å²) in [6, 6.07) is 5.73. The van der Waals surface area contributed by atoms with E-state index < -0.39 is 5.97 Å². The highest BCUT2D eigenvalue weighted by molar-refractivity contribution is 5.92. The predicted molar refractivity (Wildman–Crippen MR) is 89.6 cm³/mol. The lowest BCUT2D eigenvalue weighted by Gasteiger charge is -2.08. The highest BCUT2D eigenvalue weighted by Crippen LogP contribution is 2.15. The predicted octanol–water partition coefficient (Wildman–Crippen LogP) is 5.35. The molecule has 22 heavy (non-hydrogen) atoms. The van der Waals surface area contributed by atoms with Crippen molar-refractivity contribution in [3.8, 4) is 0 Å². The Morgan fingerprint density at radius 1 is 0.955 bits per heavy atom. The first-order chi connectivity index (χ1) is 10.7. The summed E-state index contributed by atoms with van der Waals surface area (Å²) < 4.78 is 0. The van der Waals surface area contributed by atoms with Crippen molar-refractivity contribution in [1.82, 2.24) is 0 Å². The van der Waals surface area contributed by atoms with Gasteiger partial charge in [0.05, 0.1) is 12.2 Å². The molecule has 0 fully saturated rings. The molecular formula is C19H29O3. The van der Waals surface area contributed by atoms with Crippen LogP contribution in [0, 0.1) is 20.8 Å². The fourth-order valence-corrected chi connectivity index (χ4v) is 2.49. The molecule has 0 aliphatic heterocycles. The van der Waals surface area contributed by atoms with Crippen LogP contribution in [-0.2, 0) is 9.78 Å². The molecule has 1 radical (unpaired) electrons. The molecule has 0 aromatic heterocycles. The molecule has 1 rings (SSSR count). The van der Waals surface area contributed by atoms with E-state index in [4.69, 9.17) is 9.78 Å². The van der Waals surface area contributed by atoms with Crippen molar-refractivity contribution in [2.75, 3.05) is 6.61 Å². The van der Waals surface area contributed by atoms with Gasteiger partial charge in [0.1, 0.15) is 0 Å². The minimum atomic E-state index is -0.399. The third-order valence-electron chi connectivity index (χ3n) is 3.80. The Hall–Kier alpha value is -1.35. The number of benzene rings is 1. The first-order valence-electron chi connectivity index (χ1n) is 8.36. The maximum atomic E-state index is 12.0. The maximum absolute atomic E-state index is 12.0. The van der Waals surface area contributed by atoms with E-state index in [-0.39, 0.29) is 0 Å². The van der Waals surface area contributed by atoms with Crippen LogP contribution in [0.15, 0.2) is 18.2 Å². The zero-order chi connectivity index (χ0) is 16.2. The zero-order valence-electron chi connectivity index (χ0n) is 14.0. The highest BCUT2D eigenvalue weighted by Gasteiger charge is 2.14. The molecule has 0 bridgehead atoms. The van der Waals surface area contributed by atoms with E-state index in [1.165, 1.54) is 32.1 Å². The van der Waals surface area contributed by atoms with E-state index in [0.29, 0.717) is 12.2 Å². The first kappa shape index (κ1) is 18.7. The Balaban J connectivity index is 2.09. The normalized spacial score (nSPS) is 10.7. The second-order valence-electron chi connectivity index (χ2n) is 5.79. The summed E-state index contributed by atoms with van der Waals surface area (Å²) in [4.78, 5) is 21.9. The van der Waals surface area contributed by atoms with Crippen molar-refractivity contribution in [2.24, 2.45) is 0 Å². The molecule has 0 unspecified atom stereocenters. The minimum absolute atomic E-state index is 0.399. The third kappa shape index (κ3) is 7.08. The molecule has 123 valence electrons. The number of hydrogen-bond acceptors (Lipinski definition) is 3. The van der Waals surface area contributed by atoms with E-state index in [2.05, 4.69) is 6.92 Å². The van der Waals surface area contributed by atoms with E-state index in [0.717, 1.165) is 30.4 Å². The summed E-state index contributed by atoms with van der Waals surface area (Å²) in [6.45, 7) is 8.11. The molecule has 0 atom stereocenters. The number of aryl methyl sites for hydroxylation is 2. The molecule has 0 heterocycles. The van der Waals surface area contributed by atoms with Gasteiger partial charge in [0.25, 0.3) is 0 Å². The van der Waals surface area contributed by atoms with Crippen molar-refractivity contribution < 1.29 is 14.6 Å². The van der Waals surface area contributed by atoms with E-state index >= 15 is 0 Å². The van der Waals surface area contributed by atoms with Gasteiger partial charge in [0.2, 0.25) is 0 Å². The van der Waals surface area contributed by atoms with Crippen molar-refractivity contribution >= 4 is 5.97 Å². The number of carbonyl (C=O) groups excluding carboxylic acids is 1. The van der Waals surface area contributed by atoms with Crippen molar-refractivity contribution in [2.45, 2.75) is 65.2 Å². The van der Waals surface area contributed by atoms with Gasteiger partial charge in [-0.2, -0.15) is 4.89 Å². The van der Waals surface area contributed by atoms with Crippen molar-refractivity contribution in [3.63, 3.8) is 0 Å². The van der Waals surface area contributed by atoms with E-state index in [1.54, 1.807) is 0 Å². The van der Waals surface area contributed by atoms with Gasteiger partial charge in [0.15, 0.2) is 0 Å². The molecular weight excluding hydrogens is 276 g/mol. The second-order valence-corrected chi connectivity index (χ2v) is 5.79. The summed E-state index contributed by atoms with van der Waals surface area (Å²) in [5, 5.41) is 0. The molecule has 0 amide bonds. The summed E-state index contributed by atoms with van der Waals surface area (Å²) in [7, 11) is 0. The fraction of sp³-hybridized carbons (Fsp3) is 0.579. The SMILES string of the molecule is [CH2]CCCCCCCCCOOC(=O)c1c(C)cccc1C. The van der Waals surface area contributed by atoms with Crippen LogP contribution < -0.4 is 0 Å². The van der Waals surface area contributed by atoms with Crippen LogP contribution in [0.5, 0.6) is 0 Å². The van der Waals surface area contributed by atoms with Crippen LogP contribution in [0.25, 0.3) is 0 Å². The number of hydrogen-bond donors (Lipinski definition) is 0. The first-order valence-corrected chi connectivity index (χ1v) is 8.36. The number of rotatable bonds is 11. The maximum Gasteiger partial charge on any atom is 0.373 e. The van der Waals surface area contributed by atoms with Crippen LogP contribution in [0.2, 0.25) is 0 Å². The molecule has 0 aliphatic carbocycles. The van der Waals surface area contributed by atoms with Crippen LogP contribution in [0.3, 0.4) is 0 Å². The van der Waals surface area contributed by atoms with Gasteiger partial charge in [-0.25, -0.2) is 4.79 Å². The van der Waals surface area contributed by atoms with Crippen molar-refractivity contribution in [3.05, 3.63) is 41.8 Å². The highest BCUT2D eigenvalue weighted by atomic mass is 17.2. The third-order valence-corrected chi connectivity index (χ3v) is 3.80. The van der Waals surface area contributed by atoms with Gasteiger partial charge in [0, 0.05) is 0 Å². The van der Waals surface area contributed by atoms with Gasteiger partial charge >= 0.3 is 5.97 Å². The standard InChI is InChI=1S/C19H29O3/c1-4-5-6-7-8-9-10-11-15-21-22-19(20)18-16(2)13-12-14-17(18)3/h12-14H,1,4-11,15H2,2-3H3. The molecule has 0 aliphatic rings. The van der Waals surface area contributed by atoms with E-state index in [9.17, 15) is 4.79 Å². The number of carbonyl (C=O) groups is 1. The Bertz CT molecular complexity index is 420. The van der Waals surface area contributed by atoms with Crippen molar-refractivity contribution in [1.29, 1.82) is 0 Å². The van der Waals surface area contributed by atoms with Crippen LogP contribution in [0.4, 0.5) is 0 Å². The summed E-state index contributed by atoms with van der Waals surface area (Å²) in [5.41, 5.74) is 2.43. The van der Waals surface area contributed by atoms with Gasteiger partial charge in [-0.1, -0.05) is 70.1 Å². The summed E-state index contributed by atoms with van der Waals surface area (Å²) in [6.07, 6.45) is 9.37. The van der Waals surface area contributed by atoms with Gasteiger partial charge in [-0.05, 0) is 31.4 Å². The second kappa shape index (κ2) is 11.2. The molecule has 1 aromatic rings. The summed E-state index contributed by atoms with van der Waals surface area (Å²) >= 11 is 0. The van der Waals surface area contributed by atoms with Gasteiger partial charge in [-0.15, -0.1) is 0 Å². The van der Waals surface area contributed by atoms with Crippen LogP contribution in [0.1, 0.15) is 72.9 Å². The molecule has 1 aromatic carbocycles. The van der Waals surface area contributed by atoms with E-state index in [1.807, 2.05) is 32.0 Å². The lowest BCUT2D eigenvalue weighted by molar-refractivity contribution is -0.241. The van der Waals surface area contributed by atoms with Gasteiger partial charge < -0.3 is 0 Å². The van der Waals surface area contributed by atoms with Crippen LogP contribution >= 0.6 is 0 Å². The average molecular weight is 305 g/mol. The molecule has 0 N–H and O–H groups in total. The fourth-order valence-electron chi connectivity index (χ4n) is 2.49. The molecule has 3 heteroatoms. The molecule has 0 spiro atoms. The Morgan fingerprint density at radius 2 is 1.50 bits per heavy atom. The lowest BCUT2D eigenvalue weighted by Crippen LogP contribution is -2.10. The summed E-state index contributed by atoms with van der Waals surface area (Å²) in [5.74, 6) is -0.399. The zero-order valence-corrected chi connectivity index (χ0v) is 14.0. The molecule has 0 saturated carbocycles. The Labute approximate surface area is 134 Å². The van der Waals surface area contributed by atoms with Crippen LogP contribution in [-0.4, -0.2) is 12.6 Å². The topological polar surface area (TPSA) is 35.5 Å². The average Bonchev–Trinajstić information content (AvgIpc) is 2.49. The molecule has 0 saturated heterocycles. The Morgan fingerprint density at radius 3 is 2.09 bits per heavy atom. The quantitative estimate of drug-likeness (QED) is 0.314. The lowest BCUT2D eigenvalue weighted by atomic mass is 10.0.